The van der Waals surface area contributed by atoms with Gasteiger partial charge in [0.2, 0.25) is 0 Å². The van der Waals surface area contributed by atoms with Crippen molar-refractivity contribution in [1.29, 1.82) is 0 Å². The van der Waals surface area contributed by atoms with Crippen molar-refractivity contribution < 1.29 is 9.18 Å². The van der Waals surface area contributed by atoms with Crippen LogP contribution >= 0.6 is 11.6 Å². The highest BCUT2D eigenvalue weighted by Crippen LogP contribution is 2.25. The number of benzene rings is 1. The largest absolute Gasteiger partial charge is 0.292 e. The van der Waals surface area contributed by atoms with E-state index in [2.05, 4.69) is 10.3 Å². The van der Waals surface area contributed by atoms with Gasteiger partial charge >= 0.3 is 0 Å². The Hall–Kier alpha value is -1.75. The first-order chi connectivity index (χ1) is 9.10. The van der Waals surface area contributed by atoms with Gasteiger partial charge in [0.15, 0.2) is 11.5 Å². The minimum atomic E-state index is -0.498. The van der Waals surface area contributed by atoms with Gasteiger partial charge < -0.3 is 0 Å². The van der Waals surface area contributed by atoms with E-state index in [1.165, 1.54) is 16.8 Å². The first-order valence-electron chi connectivity index (χ1n) is 6.02. The molecule has 2 aromatic rings. The molecule has 0 spiro atoms. The second-order valence-corrected chi connectivity index (χ2v) is 4.40. The molecule has 1 heterocycles. The minimum absolute atomic E-state index is 0.115. The fraction of sp³-hybridized carbons (Fsp3) is 0.308. The van der Waals surface area contributed by atoms with Gasteiger partial charge in [-0.1, -0.05) is 36.7 Å². The minimum Gasteiger partial charge on any atom is -0.292 e. The van der Waals surface area contributed by atoms with Crippen LogP contribution in [0.15, 0.2) is 18.2 Å². The lowest BCUT2D eigenvalue weighted by atomic mass is 10.1. The molecule has 0 saturated carbocycles. The molecule has 0 radical (unpaired) electrons. The smallest absolute Gasteiger partial charge is 0.184 e. The first-order valence-corrected chi connectivity index (χ1v) is 6.40. The Balaban J connectivity index is 2.64. The molecule has 0 aliphatic rings. The van der Waals surface area contributed by atoms with E-state index >= 15 is 0 Å². The Kier molecular flexibility index (Phi) is 3.95. The van der Waals surface area contributed by atoms with Crippen LogP contribution in [0, 0.1) is 5.82 Å². The lowest BCUT2D eigenvalue weighted by Gasteiger charge is -2.08. The summed E-state index contributed by atoms with van der Waals surface area (Å²) in [5.41, 5.74) is 0.979. The van der Waals surface area contributed by atoms with Crippen LogP contribution in [0.4, 0.5) is 4.39 Å². The van der Waals surface area contributed by atoms with Crippen LogP contribution in [0.25, 0.3) is 5.69 Å². The van der Waals surface area contributed by atoms with Gasteiger partial charge in [0, 0.05) is 6.42 Å². The average molecular weight is 282 g/mol. The lowest BCUT2D eigenvalue weighted by molar-refractivity contribution is 0.0982. The number of para-hydroxylation sites is 1. The molecule has 0 unspecified atom stereocenters. The summed E-state index contributed by atoms with van der Waals surface area (Å²) >= 11 is 6.00. The summed E-state index contributed by atoms with van der Waals surface area (Å²) in [6, 6.07) is 4.38. The van der Waals surface area contributed by atoms with Crippen molar-refractivity contribution in [2.75, 3.05) is 0 Å². The Bertz CT molecular complexity index is 604. The van der Waals surface area contributed by atoms with Gasteiger partial charge in [-0.15, -0.1) is 5.10 Å². The van der Waals surface area contributed by atoms with Crippen molar-refractivity contribution >= 4 is 17.4 Å². The van der Waals surface area contributed by atoms with Crippen molar-refractivity contribution in [3.05, 3.63) is 40.4 Å². The predicted molar refractivity (Wildman–Crippen MR) is 70.3 cm³/mol. The number of carbonyl (C=O) groups excluding carboxylic acids is 1. The molecule has 100 valence electrons. The molecule has 0 aliphatic carbocycles. The molecule has 19 heavy (non-hydrogen) atoms. The molecule has 0 amide bonds. The highest BCUT2D eigenvalue weighted by molar-refractivity contribution is 6.32. The van der Waals surface area contributed by atoms with Crippen LogP contribution in [0.1, 0.15) is 36.5 Å². The van der Waals surface area contributed by atoms with Crippen LogP contribution in [0.2, 0.25) is 5.02 Å². The van der Waals surface area contributed by atoms with Crippen molar-refractivity contribution in [3.63, 3.8) is 0 Å². The zero-order valence-electron chi connectivity index (χ0n) is 10.7. The molecular weight excluding hydrogens is 269 g/mol. The molecule has 4 nitrogen and oxygen atoms in total. The van der Waals surface area contributed by atoms with Gasteiger partial charge in [-0.2, -0.15) is 0 Å². The Morgan fingerprint density at radius 2 is 2.16 bits per heavy atom. The molecule has 0 N–H and O–H groups in total. The van der Waals surface area contributed by atoms with E-state index in [4.69, 9.17) is 11.6 Å². The number of hydrogen-bond acceptors (Lipinski definition) is 3. The van der Waals surface area contributed by atoms with Gasteiger partial charge in [-0.05, 0) is 18.6 Å². The third kappa shape index (κ3) is 2.38. The van der Waals surface area contributed by atoms with Crippen LogP contribution in [0.5, 0.6) is 0 Å². The lowest BCUT2D eigenvalue weighted by Crippen LogP contribution is -2.07. The number of carbonyl (C=O) groups is 1. The van der Waals surface area contributed by atoms with Gasteiger partial charge in [0.05, 0.1) is 10.7 Å². The fourth-order valence-electron chi connectivity index (χ4n) is 1.87. The van der Waals surface area contributed by atoms with Gasteiger partial charge in [-0.3, -0.25) is 4.79 Å². The second kappa shape index (κ2) is 5.48. The van der Waals surface area contributed by atoms with Crippen LogP contribution in [-0.4, -0.2) is 20.8 Å². The van der Waals surface area contributed by atoms with E-state index < -0.39 is 5.82 Å². The number of nitrogens with zero attached hydrogens (tertiary/aromatic N) is 3. The van der Waals surface area contributed by atoms with E-state index in [9.17, 15) is 9.18 Å². The molecule has 0 bridgehead atoms. The monoisotopic (exact) mass is 281 g/mol. The van der Waals surface area contributed by atoms with Crippen molar-refractivity contribution in [2.45, 2.75) is 26.7 Å². The maximum Gasteiger partial charge on any atom is 0.184 e. The predicted octanol–water partition coefficient (Wildman–Crippen LogP) is 3.21. The summed E-state index contributed by atoms with van der Waals surface area (Å²) in [6.07, 6.45) is 0.843. The molecule has 2 rings (SSSR count). The number of rotatable bonds is 4. The Morgan fingerprint density at radius 1 is 1.42 bits per heavy atom. The SMILES string of the molecule is CCC(=O)c1nnn(-c2c(F)cccc2Cl)c1CC. The van der Waals surface area contributed by atoms with Crippen molar-refractivity contribution in [1.82, 2.24) is 15.0 Å². The van der Waals surface area contributed by atoms with Crippen LogP contribution < -0.4 is 0 Å². The maximum absolute atomic E-state index is 13.9. The molecular formula is C13H13ClFN3O. The van der Waals surface area contributed by atoms with E-state index in [1.54, 1.807) is 13.0 Å². The topological polar surface area (TPSA) is 47.8 Å². The Morgan fingerprint density at radius 3 is 2.74 bits per heavy atom. The van der Waals surface area contributed by atoms with Crippen molar-refractivity contribution in [2.24, 2.45) is 0 Å². The quantitative estimate of drug-likeness (QED) is 0.809. The normalized spacial score (nSPS) is 10.7. The number of hydrogen-bond donors (Lipinski definition) is 0. The molecule has 1 aromatic carbocycles. The fourth-order valence-corrected chi connectivity index (χ4v) is 2.12. The molecule has 0 aliphatic heterocycles. The van der Waals surface area contributed by atoms with E-state index in [0.29, 0.717) is 18.5 Å². The number of Topliss-reactive ketones (excluding diaryl/α,β-unsaturated/α-hetero) is 1. The molecule has 0 atom stereocenters. The molecule has 0 fully saturated rings. The first kappa shape index (κ1) is 13.7. The van der Waals surface area contributed by atoms with Gasteiger partial charge in [0.25, 0.3) is 0 Å². The highest BCUT2D eigenvalue weighted by atomic mass is 35.5. The summed E-state index contributed by atoms with van der Waals surface area (Å²) in [5.74, 6) is -0.613. The zero-order valence-corrected chi connectivity index (χ0v) is 11.4. The number of aromatic nitrogens is 3. The Labute approximate surface area is 115 Å². The van der Waals surface area contributed by atoms with Gasteiger partial charge in [0.1, 0.15) is 11.5 Å². The van der Waals surface area contributed by atoms with E-state index in [1.807, 2.05) is 6.92 Å². The average Bonchev–Trinajstić information content (AvgIpc) is 2.81. The molecule has 6 heteroatoms. The molecule has 1 aromatic heterocycles. The summed E-state index contributed by atoms with van der Waals surface area (Å²) < 4.78 is 15.2. The summed E-state index contributed by atoms with van der Waals surface area (Å²) in [6.45, 7) is 3.60. The maximum atomic E-state index is 13.9. The molecule has 0 saturated heterocycles. The number of ketones is 1. The standard InChI is InChI=1S/C13H13ClFN3O/c1-3-10-12(11(19)4-2)16-17-18(10)13-8(14)6-5-7-9(13)15/h5-7H,3-4H2,1-2H3. The van der Waals surface area contributed by atoms with Gasteiger partial charge in [-0.25, -0.2) is 9.07 Å². The van der Waals surface area contributed by atoms with Crippen LogP contribution in [-0.2, 0) is 6.42 Å². The third-order valence-electron chi connectivity index (χ3n) is 2.83. The van der Waals surface area contributed by atoms with Crippen molar-refractivity contribution in [3.8, 4) is 5.69 Å². The van der Waals surface area contributed by atoms with E-state index in [0.717, 1.165) is 0 Å². The summed E-state index contributed by atoms with van der Waals surface area (Å²) in [4.78, 5) is 11.8. The summed E-state index contributed by atoms with van der Waals surface area (Å²) in [5, 5.41) is 7.96. The third-order valence-corrected chi connectivity index (χ3v) is 3.14. The zero-order chi connectivity index (χ0) is 14.0. The summed E-state index contributed by atoms with van der Waals surface area (Å²) in [7, 11) is 0. The number of halogens is 2. The second-order valence-electron chi connectivity index (χ2n) is 4.00. The highest BCUT2D eigenvalue weighted by Gasteiger charge is 2.20. The van der Waals surface area contributed by atoms with Crippen LogP contribution in [0.3, 0.4) is 0 Å². The van der Waals surface area contributed by atoms with E-state index in [-0.39, 0.29) is 22.2 Å².